The summed E-state index contributed by atoms with van der Waals surface area (Å²) in [5, 5.41) is 8.71. The lowest BCUT2D eigenvalue weighted by Gasteiger charge is -2.06. The Balaban J connectivity index is 2.03. The summed E-state index contributed by atoms with van der Waals surface area (Å²) < 4.78 is 2.87. The number of aromatic nitrogens is 4. The van der Waals surface area contributed by atoms with E-state index >= 15 is 0 Å². The summed E-state index contributed by atoms with van der Waals surface area (Å²) in [5.41, 5.74) is 4.37. The summed E-state index contributed by atoms with van der Waals surface area (Å²) in [6.07, 6.45) is 6.66. The van der Waals surface area contributed by atoms with Gasteiger partial charge in [0.05, 0.1) is 11.4 Å². The largest absolute Gasteiger partial charge is 0.369 e. The molecule has 3 aromatic rings. The van der Waals surface area contributed by atoms with Crippen LogP contribution >= 0.6 is 0 Å². The minimum Gasteiger partial charge on any atom is -0.244 e. The highest BCUT2D eigenvalue weighted by molar-refractivity contribution is 5.78. The van der Waals surface area contributed by atoms with Crippen LogP contribution in [0.25, 0.3) is 0 Å². The highest BCUT2D eigenvalue weighted by atomic mass is 16.2. The summed E-state index contributed by atoms with van der Waals surface area (Å²) >= 11 is 0. The van der Waals surface area contributed by atoms with Gasteiger partial charge in [-0.1, -0.05) is 50.6 Å². The normalized spacial score (nSPS) is 10.9. The highest BCUT2D eigenvalue weighted by Gasteiger charge is 2.21. The van der Waals surface area contributed by atoms with E-state index in [4.69, 9.17) is 0 Å². The van der Waals surface area contributed by atoms with Gasteiger partial charge in [-0.15, -0.1) is 0 Å². The molecule has 0 amide bonds. The predicted molar refractivity (Wildman–Crippen MR) is 93.3 cm³/mol. The lowest BCUT2D eigenvalue weighted by atomic mass is 10.0. The molecule has 0 aliphatic carbocycles. The minimum atomic E-state index is -0.225. The maximum absolute atomic E-state index is 12.7. The van der Waals surface area contributed by atoms with E-state index in [0.717, 1.165) is 37.1 Å². The molecular weight excluding hydrogens is 300 g/mol. The van der Waals surface area contributed by atoms with Crippen molar-refractivity contribution >= 4 is 6.03 Å². The molecule has 124 valence electrons. The van der Waals surface area contributed by atoms with Crippen LogP contribution in [0.5, 0.6) is 0 Å². The average Bonchev–Trinajstić information content (AvgIpc) is 3.24. The zero-order chi connectivity index (χ0) is 16.9. The molecule has 0 fully saturated rings. The van der Waals surface area contributed by atoms with Gasteiger partial charge in [0.2, 0.25) is 0 Å². The van der Waals surface area contributed by atoms with E-state index in [1.807, 2.05) is 18.2 Å². The van der Waals surface area contributed by atoms with Gasteiger partial charge in [0.15, 0.2) is 0 Å². The first-order valence-electron chi connectivity index (χ1n) is 8.42. The van der Waals surface area contributed by atoms with Gasteiger partial charge in [-0.2, -0.15) is 19.6 Å². The first-order chi connectivity index (χ1) is 11.7. The summed E-state index contributed by atoms with van der Waals surface area (Å²) in [6, 6.07) is 11.8. The molecule has 0 N–H and O–H groups in total. The fraction of sp³-hybridized carbons (Fsp3) is 0.316. The third kappa shape index (κ3) is 3.15. The van der Waals surface area contributed by atoms with Crippen molar-refractivity contribution in [3.63, 3.8) is 0 Å². The zero-order valence-corrected chi connectivity index (χ0v) is 14.1. The molecule has 5 heteroatoms. The zero-order valence-electron chi connectivity index (χ0n) is 14.1. The fourth-order valence-corrected chi connectivity index (χ4v) is 3.01. The first kappa shape index (κ1) is 16.2. The topological polar surface area (TPSA) is 52.7 Å². The SMILES string of the molecule is CCCc1c(CC)c(Cc2ccccc2)nn1C(=O)n1cccn1. The molecule has 0 aliphatic rings. The van der Waals surface area contributed by atoms with Gasteiger partial charge in [-0.05, 0) is 30.0 Å². The van der Waals surface area contributed by atoms with Crippen LogP contribution in [0.1, 0.15) is 42.8 Å². The van der Waals surface area contributed by atoms with E-state index in [2.05, 4.69) is 36.2 Å². The number of carbonyl (C=O) groups is 1. The summed E-state index contributed by atoms with van der Waals surface area (Å²) in [4.78, 5) is 12.7. The highest BCUT2D eigenvalue weighted by Crippen LogP contribution is 2.20. The smallest absolute Gasteiger partial charge is 0.244 e. The van der Waals surface area contributed by atoms with Crippen LogP contribution in [0.15, 0.2) is 48.8 Å². The number of carbonyl (C=O) groups excluding carboxylic acids is 1. The van der Waals surface area contributed by atoms with Crippen LogP contribution in [0.4, 0.5) is 4.79 Å². The lowest BCUT2D eigenvalue weighted by Crippen LogP contribution is -2.23. The van der Waals surface area contributed by atoms with E-state index in [-0.39, 0.29) is 6.03 Å². The molecule has 0 unspecified atom stereocenters. The Morgan fingerprint density at radius 2 is 1.92 bits per heavy atom. The minimum absolute atomic E-state index is 0.225. The third-order valence-electron chi connectivity index (χ3n) is 4.11. The molecule has 0 bridgehead atoms. The second-order valence-corrected chi connectivity index (χ2v) is 5.78. The van der Waals surface area contributed by atoms with Crippen molar-refractivity contribution in [1.82, 2.24) is 19.6 Å². The molecule has 0 aliphatic heterocycles. The number of hydrogen-bond donors (Lipinski definition) is 0. The Bertz CT molecular complexity index is 804. The van der Waals surface area contributed by atoms with Gasteiger partial charge in [0.25, 0.3) is 0 Å². The van der Waals surface area contributed by atoms with Gasteiger partial charge in [0.1, 0.15) is 0 Å². The van der Waals surface area contributed by atoms with Crippen molar-refractivity contribution in [2.75, 3.05) is 0 Å². The second-order valence-electron chi connectivity index (χ2n) is 5.78. The molecule has 0 atom stereocenters. The maximum Gasteiger partial charge on any atom is 0.369 e. The molecule has 2 aromatic heterocycles. The summed E-state index contributed by atoms with van der Waals surface area (Å²) in [6.45, 7) is 4.24. The van der Waals surface area contributed by atoms with Gasteiger partial charge >= 0.3 is 6.03 Å². The Morgan fingerprint density at radius 1 is 1.12 bits per heavy atom. The quantitative estimate of drug-likeness (QED) is 0.719. The van der Waals surface area contributed by atoms with Crippen molar-refractivity contribution < 1.29 is 4.79 Å². The molecule has 0 spiro atoms. The van der Waals surface area contributed by atoms with Crippen LogP contribution in [-0.2, 0) is 19.3 Å². The molecule has 24 heavy (non-hydrogen) atoms. The third-order valence-corrected chi connectivity index (χ3v) is 4.11. The Hall–Kier alpha value is -2.69. The monoisotopic (exact) mass is 322 g/mol. The molecule has 3 rings (SSSR count). The van der Waals surface area contributed by atoms with Crippen LogP contribution in [0.2, 0.25) is 0 Å². The number of benzene rings is 1. The average molecular weight is 322 g/mol. The number of nitrogens with zero attached hydrogens (tertiary/aromatic N) is 4. The van der Waals surface area contributed by atoms with Crippen LogP contribution < -0.4 is 0 Å². The summed E-state index contributed by atoms with van der Waals surface area (Å²) in [5.74, 6) is 0. The Morgan fingerprint density at radius 3 is 2.54 bits per heavy atom. The predicted octanol–water partition coefficient (Wildman–Crippen LogP) is 3.70. The van der Waals surface area contributed by atoms with Gasteiger partial charge < -0.3 is 0 Å². The Labute approximate surface area is 141 Å². The van der Waals surface area contributed by atoms with E-state index in [9.17, 15) is 4.79 Å². The van der Waals surface area contributed by atoms with Crippen LogP contribution in [-0.4, -0.2) is 25.6 Å². The van der Waals surface area contributed by atoms with E-state index in [0.29, 0.717) is 0 Å². The Kier molecular flexibility index (Phi) is 4.89. The van der Waals surface area contributed by atoms with Crippen LogP contribution in [0.3, 0.4) is 0 Å². The number of rotatable bonds is 5. The van der Waals surface area contributed by atoms with Crippen molar-refractivity contribution in [3.8, 4) is 0 Å². The first-order valence-corrected chi connectivity index (χ1v) is 8.42. The molecule has 1 aromatic carbocycles. The van der Waals surface area contributed by atoms with Gasteiger partial charge in [0, 0.05) is 18.8 Å². The van der Waals surface area contributed by atoms with E-state index in [1.54, 1.807) is 18.5 Å². The molecule has 5 nitrogen and oxygen atoms in total. The molecule has 0 saturated heterocycles. The molecule has 0 radical (unpaired) electrons. The standard InChI is InChI=1S/C19H22N4O/c1-3-9-18-16(4-2)17(14-15-10-6-5-7-11-15)21-23(18)19(24)22-13-8-12-20-22/h5-8,10-13H,3-4,9,14H2,1-2H3. The van der Waals surface area contributed by atoms with Crippen molar-refractivity contribution in [2.24, 2.45) is 0 Å². The summed E-state index contributed by atoms with van der Waals surface area (Å²) in [7, 11) is 0. The van der Waals surface area contributed by atoms with Gasteiger partial charge in [-0.25, -0.2) is 4.79 Å². The molecule has 2 heterocycles. The van der Waals surface area contributed by atoms with Crippen LogP contribution in [0, 0.1) is 0 Å². The van der Waals surface area contributed by atoms with Crippen molar-refractivity contribution in [2.45, 2.75) is 39.5 Å². The van der Waals surface area contributed by atoms with Gasteiger partial charge in [-0.3, -0.25) is 0 Å². The fourth-order valence-electron chi connectivity index (χ4n) is 3.01. The van der Waals surface area contributed by atoms with E-state index < -0.39 is 0 Å². The van der Waals surface area contributed by atoms with E-state index in [1.165, 1.54) is 20.5 Å². The number of hydrogen-bond acceptors (Lipinski definition) is 3. The molecule has 0 saturated carbocycles. The maximum atomic E-state index is 12.7. The van der Waals surface area contributed by atoms with Crippen molar-refractivity contribution in [3.05, 3.63) is 71.3 Å². The van der Waals surface area contributed by atoms with Crippen molar-refractivity contribution in [1.29, 1.82) is 0 Å². The second kappa shape index (κ2) is 7.25. The lowest BCUT2D eigenvalue weighted by molar-refractivity contribution is 0.237. The molecular formula is C19H22N4O.